The van der Waals surface area contributed by atoms with Gasteiger partial charge in [0.2, 0.25) is 11.8 Å². The zero-order valence-electron chi connectivity index (χ0n) is 14.8. The molecule has 4 nitrogen and oxygen atoms in total. The smallest absolute Gasteiger partial charge is 0.223 e. The van der Waals surface area contributed by atoms with E-state index in [1.807, 2.05) is 32.0 Å². The summed E-state index contributed by atoms with van der Waals surface area (Å²) in [5.74, 6) is -0.677. The fraction of sp³-hybridized carbons (Fsp3) is 0.300. The van der Waals surface area contributed by atoms with Gasteiger partial charge in [-0.2, -0.15) is 0 Å². The van der Waals surface area contributed by atoms with Gasteiger partial charge in [0.25, 0.3) is 0 Å². The Morgan fingerprint density at radius 2 is 1.68 bits per heavy atom. The van der Waals surface area contributed by atoms with Crippen molar-refractivity contribution in [3.8, 4) is 0 Å². The van der Waals surface area contributed by atoms with Gasteiger partial charge in [-0.05, 0) is 31.0 Å². The molecule has 5 heteroatoms. The van der Waals surface area contributed by atoms with E-state index in [4.69, 9.17) is 0 Å². The number of anilines is 1. The van der Waals surface area contributed by atoms with Gasteiger partial charge < -0.3 is 10.2 Å². The highest BCUT2D eigenvalue weighted by atomic mass is 19.1. The van der Waals surface area contributed by atoms with Crippen molar-refractivity contribution in [2.75, 3.05) is 11.4 Å². The maximum absolute atomic E-state index is 13.6. The summed E-state index contributed by atoms with van der Waals surface area (Å²) in [5, 5.41) is 2.70. The number of halogens is 1. The molecule has 0 aliphatic carbocycles. The molecule has 0 aromatic heterocycles. The van der Waals surface area contributed by atoms with Gasteiger partial charge in [-0.3, -0.25) is 9.59 Å². The lowest BCUT2D eigenvalue weighted by Crippen LogP contribution is -2.34. The van der Waals surface area contributed by atoms with Crippen LogP contribution in [0.2, 0.25) is 0 Å². The summed E-state index contributed by atoms with van der Waals surface area (Å²) in [7, 11) is 0. The number of nitrogens with one attached hydrogen (secondary N) is 1. The minimum atomic E-state index is -0.344. The summed E-state index contributed by atoms with van der Waals surface area (Å²) < 4.78 is 13.6. The van der Waals surface area contributed by atoms with Crippen molar-refractivity contribution in [3.63, 3.8) is 0 Å². The zero-order chi connectivity index (χ0) is 18.4. The van der Waals surface area contributed by atoms with E-state index in [0.29, 0.717) is 5.56 Å². The SMILES string of the molecule is CC(=O)N(CCC(=O)NCc1ccccc1F)c1c(C)cccc1C. The first-order chi connectivity index (χ1) is 11.9. The first-order valence-corrected chi connectivity index (χ1v) is 8.24. The van der Waals surface area contributed by atoms with Crippen LogP contribution in [0.25, 0.3) is 0 Å². The Hall–Kier alpha value is -2.69. The van der Waals surface area contributed by atoms with Crippen molar-refractivity contribution >= 4 is 17.5 Å². The van der Waals surface area contributed by atoms with Gasteiger partial charge in [0, 0.05) is 37.7 Å². The van der Waals surface area contributed by atoms with E-state index in [1.165, 1.54) is 13.0 Å². The quantitative estimate of drug-likeness (QED) is 0.873. The van der Waals surface area contributed by atoms with E-state index in [2.05, 4.69) is 5.32 Å². The molecule has 2 aromatic carbocycles. The largest absolute Gasteiger partial charge is 0.352 e. The van der Waals surface area contributed by atoms with Gasteiger partial charge >= 0.3 is 0 Å². The van der Waals surface area contributed by atoms with Crippen LogP contribution in [0.1, 0.15) is 30.0 Å². The van der Waals surface area contributed by atoms with Gasteiger partial charge in [-0.25, -0.2) is 4.39 Å². The molecule has 0 bridgehead atoms. The monoisotopic (exact) mass is 342 g/mol. The van der Waals surface area contributed by atoms with Crippen molar-refractivity contribution in [2.24, 2.45) is 0 Å². The van der Waals surface area contributed by atoms with Crippen LogP contribution in [-0.2, 0) is 16.1 Å². The fourth-order valence-corrected chi connectivity index (χ4v) is 2.80. The number of nitrogens with zero attached hydrogens (tertiary/aromatic N) is 1. The summed E-state index contributed by atoms with van der Waals surface area (Å²) in [6.07, 6.45) is 0.155. The molecule has 0 aliphatic heterocycles. The molecular weight excluding hydrogens is 319 g/mol. The third-order valence-corrected chi connectivity index (χ3v) is 4.09. The second-order valence-corrected chi connectivity index (χ2v) is 6.03. The van der Waals surface area contributed by atoms with E-state index < -0.39 is 0 Å². The molecule has 0 saturated heterocycles. The Bertz CT molecular complexity index is 754. The first-order valence-electron chi connectivity index (χ1n) is 8.24. The number of para-hydroxylation sites is 1. The van der Waals surface area contributed by atoms with Gasteiger partial charge in [0.15, 0.2) is 0 Å². The average Bonchev–Trinajstić information content (AvgIpc) is 2.56. The summed E-state index contributed by atoms with van der Waals surface area (Å²) in [6.45, 7) is 5.79. The number of hydrogen-bond acceptors (Lipinski definition) is 2. The molecule has 0 atom stereocenters. The van der Waals surface area contributed by atoms with E-state index >= 15 is 0 Å². The Balaban J connectivity index is 1.98. The third-order valence-electron chi connectivity index (χ3n) is 4.09. The van der Waals surface area contributed by atoms with Crippen molar-refractivity contribution in [1.29, 1.82) is 0 Å². The second-order valence-electron chi connectivity index (χ2n) is 6.03. The number of hydrogen-bond donors (Lipinski definition) is 1. The predicted molar refractivity (Wildman–Crippen MR) is 96.8 cm³/mol. The molecule has 132 valence electrons. The van der Waals surface area contributed by atoms with E-state index in [0.717, 1.165) is 16.8 Å². The first kappa shape index (κ1) is 18.6. The molecule has 0 radical (unpaired) electrons. The summed E-state index contributed by atoms with van der Waals surface area (Å²) in [4.78, 5) is 25.7. The van der Waals surface area contributed by atoms with Gasteiger partial charge in [-0.15, -0.1) is 0 Å². The lowest BCUT2D eigenvalue weighted by molar-refractivity contribution is -0.121. The summed E-state index contributed by atoms with van der Waals surface area (Å²) >= 11 is 0. The fourth-order valence-electron chi connectivity index (χ4n) is 2.80. The number of amides is 2. The van der Waals surface area contributed by atoms with Crippen molar-refractivity contribution in [1.82, 2.24) is 5.32 Å². The van der Waals surface area contributed by atoms with E-state index in [9.17, 15) is 14.0 Å². The molecule has 0 spiro atoms. The van der Waals surface area contributed by atoms with E-state index in [-0.39, 0.29) is 37.1 Å². The summed E-state index contributed by atoms with van der Waals surface area (Å²) in [5.41, 5.74) is 3.26. The number of rotatable bonds is 6. The summed E-state index contributed by atoms with van der Waals surface area (Å²) in [6, 6.07) is 12.1. The Morgan fingerprint density at radius 1 is 1.04 bits per heavy atom. The molecule has 0 saturated carbocycles. The highest BCUT2D eigenvalue weighted by Crippen LogP contribution is 2.24. The minimum Gasteiger partial charge on any atom is -0.352 e. The number of aryl methyl sites for hydroxylation is 2. The van der Waals surface area contributed by atoms with Crippen LogP contribution in [0.15, 0.2) is 42.5 Å². The van der Waals surface area contributed by atoms with Gasteiger partial charge in [0.1, 0.15) is 5.82 Å². The third kappa shape index (κ3) is 4.89. The number of carbonyl (C=O) groups is 2. The highest BCUT2D eigenvalue weighted by molar-refractivity contribution is 5.94. The molecule has 0 unspecified atom stereocenters. The van der Waals surface area contributed by atoms with Crippen LogP contribution in [0.3, 0.4) is 0 Å². The Labute approximate surface area is 147 Å². The van der Waals surface area contributed by atoms with Crippen LogP contribution >= 0.6 is 0 Å². The zero-order valence-corrected chi connectivity index (χ0v) is 14.8. The molecule has 2 aromatic rings. The van der Waals surface area contributed by atoms with Crippen molar-refractivity contribution < 1.29 is 14.0 Å². The van der Waals surface area contributed by atoms with Gasteiger partial charge in [0.05, 0.1) is 0 Å². The van der Waals surface area contributed by atoms with Crippen LogP contribution in [0, 0.1) is 19.7 Å². The van der Waals surface area contributed by atoms with Crippen LogP contribution in [-0.4, -0.2) is 18.4 Å². The number of carbonyl (C=O) groups excluding carboxylic acids is 2. The Morgan fingerprint density at radius 3 is 2.28 bits per heavy atom. The lowest BCUT2D eigenvalue weighted by atomic mass is 10.1. The topological polar surface area (TPSA) is 49.4 Å². The average molecular weight is 342 g/mol. The van der Waals surface area contributed by atoms with Crippen molar-refractivity contribution in [2.45, 2.75) is 33.7 Å². The van der Waals surface area contributed by atoms with E-state index in [1.54, 1.807) is 23.1 Å². The molecule has 2 rings (SSSR count). The molecule has 1 N–H and O–H groups in total. The maximum atomic E-state index is 13.6. The molecule has 0 fully saturated rings. The lowest BCUT2D eigenvalue weighted by Gasteiger charge is -2.25. The van der Waals surface area contributed by atoms with Gasteiger partial charge in [-0.1, -0.05) is 36.4 Å². The Kier molecular flexibility index (Phi) is 6.28. The van der Waals surface area contributed by atoms with Crippen LogP contribution in [0.5, 0.6) is 0 Å². The highest BCUT2D eigenvalue weighted by Gasteiger charge is 2.17. The normalized spacial score (nSPS) is 10.4. The maximum Gasteiger partial charge on any atom is 0.223 e. The number of benzene rings is 2. The second kappa shape index (κ2) is 8.42. The van der Waals surface area contributed by atoms with Crippen LogP contribution in [0.4, 0.5) is 10.1 Å². The molecular formula is C20H23FN2O2. The molecule has 0 heterocycles. The standard InChI is InChI=1S/C20H23FN2O2/c1-14-7-6-8-15(2)20(14)23(16(3)24)12-11-19(25)22-13-17-9-4-5-10-18(17)21/h4-10H,11-13H2,1-3H3,(H,22,25). The molecule has 2 amide bonds. The molecule has 25 heavy (non-hydrogen) atoms. The molecule has 0 aliphatic rings. The van der Waals surface area contributed by atoms with Crippen LogP contribution < -0.4 is 10.2 Å². The minimum absolute atomic E-state index is 0.112. The van der Waals surface area contributed by atoms with Crippen molar-refractivity contribution in [3.05, 3.63) is 65.0 Å². The predicted octanol–water partition coefficient (Wildman–Crippen LogP) is 3.50.